The number of hydrogen-bond acceptors (Lipinski definition) is 2. The van der Waals surface area contributed by atoms with Gasteiger partial charge in [0.2, 0.25) is 12.2 Å². The van der Waals surface area contributed by atoms with Gasteiger partial charge in [-0.25, -0.2) is 4.39 Å². The van der Waals surface area contributed by atoms with Crippen LogP contribution in [-0.2, 0) is 6.42 Å². The predicted octanol–water partition coefficient (Wildman–Crippen LogP) is 1.97. The van der Waals surface area contributed by atoms with Crippen molar-refractivity contribution in [2.45, 2.75) is 25.8 Å². The average molecular weight is 260 g/mol. The van der Waals surface area contributed by atoms with Crippen LogP contribution in [0.5, 0.6) is 0 Å². The van der Waals surface area contributed by atoms with Gasteiger partial charge in [-0.3, -0.25) is 0 Å². The zero-order valence-corrected chi connectivity index (χ0v) is 10.9. The Morgan fingerprint density at radius 2 is 2.42 bits per heavy atom. The average Bonchev–Trinajstić information content (AvgIpc) is 2.81. The van der Waals surface area contributed by atoms with E-state index in [0.29, 0.717) is 5.96 Å². The molecule has 100 valence electrons. The van der Waals surface area contributed by atoms with Gasteiger partial charge in [-0.05, 0) is 36.5 Å². The van der Waals surface area contributed by atoms with Crippen molar-refractivity contribution in [1.82, 2.24) is 10.6 Å². The van der Waals surface area contributed by atoms with Gasteiger partial charge in [0, 0.05) is 6.54 Å². The van der Waals surface area contributed by atoms with E-state index in [1.54, 1.807) is 6.19 Å². The third kappa shape index (κ3) is 3.02. The largest absolute Gasteiger partial charge is 0.353 e. The molecule has 0 saturated heterocycles. The number of hydrogen-bond donors (Lipinski definition) is 2. The van der Waals surface area contributed by atoms with Gasteiger partial charge in [0.25, 0.3) is 0 Å². The van der Waals surface area contributed by atoms with Crippen LogP contribution in [0.3, 0.4) is 0 Å². The molecular weight excluding hydrogens is 243 g/mol. The number of nitrogens with zero attached hydrogens (tertiary/aromatic N) is 2. The fraction of sp³-hybridized carbons (Fsp3) is 0.429. The van der Waals surface area contributed by atoms with Crippen LogP contribution in [0.15, 0.2) is 23.2 Å². The lowest BCUT2D eigenvalue weighted by Crippen LogP contribution is -2.39. The summed E-state index contributed by atoms with van der Waals surface area (Å²) in [6, 6.07) is 6.36. The molecule has 1 aliphatic carbocycles. The fourth-order valence-corrected chi connectivity index (χ4v) is 2.49. The molecule has 1 aromatic carbocycles. The van der Waals surface area contributed by atoms with Gasteiger partial charge in [-0.1, -0.05) is 18.2 Å². The first-order valence-electron chi connectivity index (χ1n) is 6.37. The smallest absolute Gasteiger partial charge is 0.209 e. The summed E-state index contributed by atoms with van der Waals surface area (Å²) < 4.78 is 12.2. The van der Waals surface area contributed by atoms with Crippen molar-refractivity contribution in [3.63, 3.8) is 0 Å². The lowest BCUT2D eigenvalue weighted by molar-refractivity contribution is 0.487. The van der Waals surface area contributed by atoms with Crippen molar-refractivity contribution in [3.05, 3.63) is 34.9 Å². The maximum Gasteiger partial charge on any atom is 0.209 e. The predicted molar refractivity (Wildman–Crippen MR) is 72.4 cm³/mol. The zero-order chi connectivity index (χ0) is 13.7. The number of halogens is 1. The summed E-state index contributed by atoms with van der Waals surface area (Å²) in [5, 5.41) is 14.6. The van der Waals surface area contributed by atoms with E-state index in [2.05, 4.69) is 34.7 Å². The highest BCUT2D eigenvalue weighted by Gasteiger charge is 2.24. The highest BCUT2D eigenvalue weighted by Crippen LogP contribution is 2.32. The molecular formula is C14H17FN4. The summed E-state index contributed by atoms with van der Waals surface area (Å²) in [7, 11) is 0. The zero-order valence-electron chi connectivity index (χ0n) is 10.9. The van der Waals surface area contributed by atoms with Gasteiger partial charge in [0.05, 0.1) is 6.04 Å². The first-order chi connectivity index (χ1) is 9.26. The van der Waals surface area contributed by atoms with Crippen LogP contribution in [0.1, 0.15) is 29.2 Å². The van der Waals surface area contributed by atoms with Crippen molar-refractivity contribution in [1.29, 1.82) is 5.26 Å². The molecule has 19 heavy (non-hydrogen) atoms. The number of fused-ring (bicyclic) bond motifs is 1. The number of aryl methyl sites for hydroxylation is 1. The van der Waals surface area contributed by atoms with Crippen molar-refractivity contribution < 1.29 is 4.39 Å². The molecule has 1 aliphatic rings. The number of rotatable bonds is 3. The Kier molecular flexibility index (Phi) is 4.35. The summed E-state index contributed by atoms with van der Waals surface area (Å²) in [4.78, 5) is 3.65. The van der Waals surface area contributed by atoms with E-state index in [0.717, 1.165) is 12.8 Å². The van der Waals surface area contributed by atoms with E-state index in [-0.39, 0.29) is 12.6 Å². The van der Waals surface area contributed by atoms with Crippen molar-refractivity contribution in [3.8, 4) is 6.19 Å². The normalized spacial score (nSPS) is 17.7. The molecule has 5 heteroatoms. The summed E-state index contributed by atoms with van der Waals surface area (Å²) >= 11 is 0. The number of benzene rings is 1. The molecule has 0 radical (unpaired) electrons. The molecule has 0 heterocycles. The number of guanidine groups is 1. The van der Waals surface area contributed by atoms with E-state index in [4.69, 9.17) is 5.26 Å². The Morgan fingerprint density at radius 3 is 3.16 bits per heavy atom. The van der Waals surface area contributed by atoms with Crippen LogP contribution in [0.2, 0.25) is 0 Å². The lowest BCUT2D eigenvalue weighted by Gasteiger charge is -2.17. The standard InChI is InChI=1S/C14H17FN4/c1-10-3-2-4-12-11(10)5-6-13(12)19-14(18-9-16)17-8-7-15/h2-4,13H,5-8H2,1H3,(H2,17,18,19). The highest BCUT2D eigenvalue weighted by atomic mass is 19.1. The van der Waals surface area contributed by atoms with Crippen molar-refractivity contribution in [2.24, 2.45) is 4.99 Å². The molecule has 0 bridgehead atoms. The van der Waals surface area contributed by atoms with Crippen LogP contribution in [0, 0.1) is 18.4 Å². The van der Waals surface area contributed by atoms with Gasteiger partial charge in [-0.15, -0.1) is 4.99 Å². The highest BCUT2D eigenvalue weighted by molar-refractivity contribution is 5.81. The van der Waals surface area contributed by atoms with Gasteiger partial charge in [-0.2, -0.15) is 5.26 Å². The van der Waals surface area contributed by atoms with Gasteiger partial charge < -0.3 is 10.6 Å². The van der Waals surface area contributed by atoms with E-state index < -0.39 is 6.67 Å². The van der Waals surface area contributed by atoms with Crippen LogP contribution < -0.4 is 10.6 Å². The maximum absolute atomic E-state index is 12.2. The minimum absolute atomic E-state index is 0.133. The topological polar surface area (TPSA) is 60.2 Å². The van der Waals surface area contributed by atoms with Gasteiger partial charge in [0.1, 0.15) is 6.67 Å². The first kappa shape index (κ1) is 13.3. The fourth-order valence-electron chi connectivity index (χ4n) is 2.49. The molecule has 0 spiro atoms. The Balaban J connectivity index is 2.11. The monoisotopic (exact) mass is 260 g/mol. The minimum Gasteiger partial charge on any atom is -0.353 e. The molecule has 0 amide bonds. The van der Waals surface area contributed by atoms with E-state index in [1.165, 1.54) is 16.7 Å². The van der Waals surface area contributed by atoms with Crippen LogP contribution in [0.4, 0.5) is 4.39 Å². The SMILES string of the molecule is Cc1cccc2c1CCC2N/C(=N\C#N)NCCF. The second kappa shape index (κ2) is 6.19. The lowest BCUT2D eigenvalue weighted by atomic mass is 10.0. The Labute approximate surface area is 112 Å². The molecule has 1 unspecified atom stereocenters. The molecule has 0 aromatic heterocycles. The summed E-state index contributed by atoms with van der Waals surface area (Å²) in [5.74, 6) is 0.347. The Bertz CT molecular complexity index is 519. The molecule has 0 fully saturated rings. The minimum atomic E-state index is -0.494. The first-order valence-corrected chi connectivity index (χ1v) is 6.37. The molecule has 0 aliphatic heterocycles. The second-order valence-electron chi connectivity index (χ2n) is 4.55. The number of alkyl halides is 1. The summed E-state index contributed by atoms with van der Waals surface area (Å²) in [6.45, 7) is 1.76. The quantitative estimate of drug-likeness (QED) is 0.496. The number of nitrogens with one attached hydrogen (secondary N) is 2. The Morgan fingerprint density at radius 1 is 1.58 bits per heavy atom. The van der Waals surface area contributed by atoms with Crippen LogP contribution in [0.25, 0.3) is 0 Å². The van der Waals surface area contributed by atoms with E-state index >= 15 is 0 Å². The Hall–Kier alpha value is -2.09. The molecule has 2 N–H and O–H groups in total. The van der Waals surface area contributed by atoms with E-state index in [9.17, 15) is 4.39 Å². The maximum atomic E-state index is 12.2. The van der Waals surface area contributed by atoms with E-state index in [1.807, 2.05) is 6.07 Å². The van der Waals surface area contributed by atoms with Crippen molar-refractivity contribution in [2.75, 3.05) is 13.2 Å². The third-order valence-electron chi connectivity index (χ3n) is 3.36. The van der Waals surface area contributed by atoms with Gasteiger partial charge in [0.15, 0.2) is 0 Å². The van der Waals surface area contributed by atoms with Crippen molar-refractivity contribution >= 4 is 5.96 Å². The number of aliphatic imine (C=N–C) groups is 1. The third-order valence-corrected chi connectivity index (χ3v) is 3.36. The van der Waals surface area contributed by atoms with Gasteiger partial charge >= 0.3 is 0 Å². The van der Waals surface area contributed by atoms with Crippen LogP contribution in [-0.4, -0.2) is 19.2 Å². The molecule has 0 saturated carbocycles. The second-order valence-corrected chi connectivity index (χ2v) is 4.55. The number of nitriles is 1. The summed E-state index contributed by atoms with van der Waals surface area (Å²) in [6.07, 6.45) is 3.70. The molecule has 1 aromatic rings. The van der Waals surface area contributed by atoms with Crippen LogP contribution >= 0.6 is 0 Å². The molecule has 1 atom stereocenters. The molecule has 4 nitrogen and oxygen atoms in total. The molecule has 2 rings (SSSR count). The summed E-state index contributed by atoms with van der Waals surface area (Å²) in [5.41, 5.74) is 3.90.